The van der Waals surface area contributed by atoms with Crippen LogP contribution < -0.4 is 10.6 Å². The minimum Gasteiger partial charge on any atom is -0.358 e. The molecule has 0 bridgehead atoms. The van der Waals surface area contributed by atoms with Crippen LogP contribution in [0.25, 0.3) is 0 Å². The minimum atomic E-state index is 0.546. The van der Waals surface area contributed by atoms with E-state index < -0.39 is 0 Å². The van der Waals surface area contributed by atoms with Gasteiger partial charge in [0, 0.05) is 12.7 Å². The summed E-state index contributed by atoms with van der Waals surface area (Å²) in [6.45, 7) is 3.47. The highest BCUT2D eigenvalue weighted by molar-refractivity contribution is 9.10. The molecule has 0 atom stereocenters. The number of benzene rings is 2. The van der Waals surface area contributed by atoms with Crippen molar-refractivity contribution in [1.82, 2.24) is 15.1 Å². The lowest BCUT2D eigenvalue weighted by atomic mass is 10.1. The molecule has 2 N–H and O–H groups in total. The van der Waals surface area contributed by atoms with E-state index in [1.807, 2.05) is 29.1 Å². The molecule has 0 spiro atoms. The Morgan fingerprint density at radius 3 is 2.52 bits per heavy atom. The number of nitrogens with one attached hydrogen (secondary N) is 2. The van der Waals surface area contributed by atoms with Gasteiger partial charge in [-0.3, -0.25) is 4.68 Å². The molecule has 0 unspecified atom stereocenters. The van der Waals surface area contributed by atoms with E-state index in [0.717, 1.165) is 4.47 Å². The van der Waals surface area contributed by atoms with Crippen molar-refractivity contribution in [3.05, 3.63) is 82.0 Å². The highest BCUT2D eigenvalue weighted by Crippen LogP contribution is 2.20. The van der Waals surface area contributed by atoms with Gasteiger partial charge in [-0.15, -0.1) is 0 Å². The Hall–Kier alpha value is -2.18. The van der Waals surface area contributed by atoms with Crippen LogP contribution in [-0.4, -0.2) is 14.9 Å². The van der Waals surface area contributed by atoms with Gasteiger partial charge in [-0.1, -0.05) is 60.2 Å². The van der Waals surface area contributed by atoms with Crippen LogP contribution in [-0.2, 0) is 13.1 Å². The van der Waals surface area contributed by atoms with Crippen LogP contribution in [0.4, 0.5) is 5.82 Å². The Bertz CT molecular complexity index is 844. The summed E-state index contributed by atoms with van der Waals surface area (Å²) in [7, 11) is 0. The van der Waals surface area contributed by atoms with Crippen molar-refractivity contribution in [3.8, 4) is 0 Å². The molecule has 0 fully saturated rings. The highest BCUT2D eigenvalue weighted by Gasteiger charge is 2.08. The largest absolute Gasteiger partial charge is 0.358 e. The van der Waals surface area contributed by atoms with E-state index in [9.17, 15) is 0 Å². The molecule has 2 aromatic carbocycles. The molecular weight excluding hydrogens is 396 g/mol. The predicted molar refractivity (Wildman–Crippen MR) is 110 cm³/mol. The van der Waals surface area contributed by atoms with Gasteiger partial charge >= 0.3 is 0 Å². The Balaban J connectivity index is 1.58. The molecule has 6 heteroatoms. The summed E-state index contributed by atoms with van der Waals surface area (Å²) in [4.78, 5) is 0. The number of anilines is 1. The predicted octanol–water partition coefficient (Wildman–Crippen LogP) is 4.49. The van der Waals surface area contributed by atoms with Gasteiger partial charge in [0.25, 0.3) is 0 Å². The van der Waals surface area contributed by atoms with Crippen LogP contribution in [0.15, 0.2) is 65.3 Å². The number of rotatable bonds is 5. The van der Waals surface area contributed by atoms with Crippen LogP contribution in [0.3, 0.4) is 0 Å². The molecule has 1 aromatic heterocycles. The van der Waals surface area contributed by atoms with E-state index in [2.05, 4.69) is 75.0 Å². The lowest BCUT2D eigenvalue weighted by Crippen LogP contribution is -2.28. The van der Waals surface area contributed by atoms with Crippen molar-refractivity contribution >= 4 is 39.1 Å². The summed E-state index contributed by atoms with van der Waals surface area (Å²) in [5, 5.41) is 11.4. The Morgan fingerprint density at radius 2 is 1.80 bits per heavy atom. The normalized spacial score (nSPS) is 10.5. The zero-order chi connectivity index (χ0) is 17.6. The van der Waals surface area contributed by atoms with Gasteiger partial charge in [0.1, 0.15) is 0 Å². The first-order valence-electron chi connectivity index (χ1n) is 7.97. The summed E-state index contributed by atoms with van der Waals surface area (Å²) in [5.41, 5.74) is 3.63. The summed E-state index contributed by atoms with van der Waals surface area (Å²) in [6, 6.07) is 18.6. The average molecular weight is 415 g/mol. The van der Waals surface area contributed by atoms with Gasteiger partial charge < -0.3 is 10.6 Å². The fourth-order valence-electron chi connectivity index (χ4n) is 2.37. The number of halogens is 1. The smallest absolute Gasteiger partial charge is 0.172 e. The number of nitrogens with zero attached hydrogens (tertiary/aromatic N) is 2. The summed E-state index contributed by atoms with van der Waals surface area (Å²) >= 11 is 8.89. The maximum Gasteiger partial charge on any atom is 0.172 e. The number of aryl methyl sites for hydroxylation is 1. The first-order chi connectivity index (χ1) is 12.1. The molecule has 0 amide bonds. The zero-order valence-electron chi connectivity index (χ0n) is 13.9. The Kier molecular flexibility index (Phi) is 5.83. The molecule has 1 heterocycles. The molecule has 0 radical (unpaired) electrons. The van der Waals surface area contributed by atoms with Crippen molar-refractivity contribution in [2.75, 3.05) is 5.32 Å². The second-order valence-electron chi connectivity index (χ2n) is 5.80. The lowest BCUT2D eigenvalue weighted by molar-refractivity contribution is 0.689. The van der Waals surface area contributed by atoms with Crippen molar-refractivity contribution in [3.63, 3.8) is 0 Å². The van der Waals surface area contributed by atoms with E-state index >= 15 is 0 Å². The first-order valence-corrected chi connectivity index (χ1v) is 9.17. The second kappa shape index (κ2) is 8.27. The molecule has 0 saturated heterocycles. The second-order valence-corrected chi connectivity index (χ2v) is 7.06. The Morgan fingerprint density at radius 1 is 1.08 bits per heavy atom. The third-order valence-electron chi connectivity index (χ3n) is 3.71. The number of aromatic nitrogens is 2. The maximum absolute atomic E-state index is 5.36. The minimum absolute atomic E-state index is 0.546. The van der Waals surface area contributed by atoms with Gasteiger partial charge in [0.05, 0.1) is 11.0 Å². The van der Waals surface area contributed by atoms with E-state index in [4.69, 9.17) is 12.2 Å². The third-order valence-corrected chi connectivity index (χ3v) is 4.54. The average Bonchev–Trinajstić information content (AvgIpc) is 2.95. The lowest BCUT2D eigenvalue weighted by Gasteiger charge is -2.09. The molecular formula is C19H19BrN4S. The fraction of sp³-hybridized carbons (Fsp3) is 0.158. The van der Waals surface area contributed by atoms with Crippen molar-refractivity contribution < 1.29 is 0 Å². The van der Waals surface area contributed by atoms with E-state index in [0.29, 0.717) is 24.0 Å². The molecule has 128 valence electrons. The first kappa shape index (κ1) is 17.6. The SMILES string of the molecule is Cc1ccc(Cn2cc(Br)c(NC(=S)NCc3ccccc3)n2)cc1. The van der Waals surface area contributed by atoms with Crippen LogP contribution in [0.1, 0.15) is 16.7 Å². The van der Waals surface area contributed by atoms with Crippen molar-refractivity contribution in [2.24, 2.45) is 0 Å². The van der Waals surface area contributed by atoms with Crippen LogP contribution in [0, 0.1) is 6.92 Å². The van der Waals surface area contributed by atoms with Gasteiger partial charge in [0.15, 0.2) is 10.9 Å². The molecule has 3 aromatic rings. The summed E-state index contributed by atoms with van der Waals surface area (Å²) < 4.78 is 2.76. The van der Waals surface area contributed by atoms with Crippen molar-refractivity contribution in [1.29, 1.82) is 0 Å². The molecule has 0 aliphatic heterocycles. The van der Waals surface area contributed by atoms with Crippen LogP contribution >= 0.6 is 28.1 Å². The topological polar surface area (TPSA) is 41.9 Å². The molecule has 0 saturated carbocycles. The fourth-order valence-corrected chi connectivity index (χ4v) is 2.96. The van der Waals surface area contributed by atoms with Gasteiger partial charge in [-0.25, -0.2) is 0 Å². The van der Waals surface area contributed by atoms with Gasteiger partial charge in [-0.05, 0) is 46.2 Å². The monoisotopic (exact) mass is 414 g/mol. The molecule has 25 heavy (non-hydrogen) atoms. The summed E-state index contributed by atoms with van der Waals surface area (Å²) in [5.74, 6) is 0.706. The quantitative estimate of drug-likeness (QED) is 0.603. The molecule has 0 aliphatic rings. The molecule has 0 aliphatic carbocycles. The maximum atomic E-state index is 5.36. The standard InChI is InChI=1S/C19H19BrN4S/c1-14-7-9-16(10-8-14)12-24-13-17(20)18(23-24)22-19(25)21-11-15-5-3-2-4-6-15/h2-10,13H,11-12H2,1H3,(H2,21,22,23,25). The zero-order valence-corrected chi connectivity index (χ0v) is 16.3. The van der Waals surface area contributed by atoms with E-state index in [1.165, 1.54) is 16.7 Å². The summed E-state index contributed by atoms with van der Waals surface area (Å²) in [6.07, 6.45) is 1.95. The number of thiocarbonyl (C=S) groups is 1. The molecule has 4 nitrogen and oxygen atoms in total. The van der Waals surface area contributed by atoms with E-state index in [1.54, 1.807) is 0 Å². The van der Waals surface area contributed by atoms with Crippen LogP contribution in [0.5, 0.6) is 0 Å². The number of hydrogen-bond donors (Lipinski definition) is 2. The highest BCUT2D eigenvalue weighted by atomic mass is 79.9. The van der Waals surface area contributed by atoms with Crippen LogP contribution in [0.2, 0.25) is 0 Å². The van der Waals surface area contributed by atoms with Gasteiger partial charge in [0.2, 0.25) is 0 Å². The molecule has 3 rings (SSSR count). The third kappa shape index (κ3) is 5.14. The number of hydrogen-bond acceptors (Lipinski definition) is 2. The van der Waals surface area contributed by atoms with Crippen molar-refractivity contribution in [2.45, 2.75) is 20.0 Å². The Labute approximate surface area is 161 Å². The van der Waals surface area contributed by atoms with E-state index in [-0.39, 0.29) is 0 Å². The van der Waals surface area contributed by atoms with Gasteiger partial charge in [-0.2, -0.15) is 5.10 Å².